The number of nitrogens with zero attached hydrogens (tertiary/aromatic N) is 2. The highest BCUT2D eigenvalue weighted by Crippen LogP contribution is 2.24. The van der Waals surface area contributed by atoms with E-state index in [0.717, 1.165) is 13.0 Å². The first kappa shape index (κ1) is 10.3. The van der Waals surface area contributed by atoms with Crippen LogP contribution in [0.3, 0.4) is 0 Å². The van der Waals surface area contributed by atoms with Crippen LogP contribution in [0.5, 0.6) is 0 Å². The predicted octanol–water partition coefficient (Wildman–Crippen LogP) is 2.88. The van der Waals surface area contributed by atoms with Crippen molar-refractivity contribution in [3.63, 3.8) is 0 Å². The Morgan fingerprint density at radius 3 is 2.54 bits per heavy atom. The van der Waals surface area contributed by atoms with Gasteiger partial charge in [-0.3, -0.25) is 4.68 Å². The van der Waals surface area contributed by atoms with Gasteiger partial charge in [-0.1, -0.05) is 27.2 Å². The molecule has 1 rings (SSSR count). The lowest BCUT2D eigenvalue weighted by Gasteiger charge is -2.21. The maximum absolute atomic E-state index is 4.27. The lowest BCUT2D eigenvalue weighted by Crippen LogP contribution is -2.12. The molecule has 0 saturated carbocycles. The molecule has 1 heterocycles. The van der Waals surface area contributed by atoms with Gasteiger partial charge in [0.25, 0.3) is 0 Å². The zero-order valence-electron chi connectivity index (χ0n) is 9.17. The third-order valence-electron chi connectivity index (χ3n) is 2.65. The molecule has 2 nitrogen and oxygen atoms in total. The summed E-state index contributed by atoms with van der Waals surface area (Å²) >= 11 is 0. The van der Waals surface area contributed by atoms with Gasteiger partial charge in [0, 0.05) is 12.7 Å². The topological polar surface area (TPSA) is 17.8 Å². The van der Waals surface area contributed by atoms with Gasteiger partial charge in [-0.05, 0) is 24.3 Å². The third kappa shape index (κ3) is 2.87. The predicted molar refractivity (Wildman–Crippen MR) is 55.7 cm³/mol. The van der Waals surface area contributed by atoms with E-state index >= 15 is 0 Å². The summed E-state index contributed by atoms with van der Waals surface area (Å²) in [4.78, 5) is 0. The minimum atomic E-state index is 0.404. The van der Waals surface area contributed by atoms with E-state index < -0.39 is 0 Å². The van der Waals surface area contributed by atoms with Crippen molar-refractivity contribution in [3.05, 3.63) is 18.0 Å². The van der Waals surface area contributed by atoms with Crippen molar-refractivity contribution < 1.29 is 0 Å². The quantitative estimate of drug-likeness (QED) is 0.696. The van der Waals surface area contributed by atoms with Crippen molar-refractivity contribution in [2.24, 2.45) is 5.41 Å². The molecule has 0 aliphatic heterocycles. The van der Waals surface area contributed by atoms with Gasteiger partial charge in [-0.25, -0.2) is 0 Å². The number of hydrogen-bond donors (Lipinski definition) is 0. The smallest absolute Gasteiger partial charge is 0.0521 e. The molecule has 0 aliphatic carbocycles. The number of rotatable bonds is 4. The lowest BCUT2D eigenvalue weighted by atomic mass is 9.84. The maximum atomic E-state index is 4.27. The Bertz CT molecular complexity index is 261. The van der Waals surface area contributed by atoms with E-state index in [1.54, 1.807) is 0 Å². The molecule has 0 N–H and O–H groups in total. The highest BCUT2D eigenvalue weighted by atomic mass is 15.3. The lowest BCUT2D eigenvalue weighted by molar-refractivity contribution is 0.349. The van der Waals surface area contributed by atoms with E-state index in [0.29, 0.717) is 5.41 Å². The molecule has 13 heavy (non-hydrogen) atoms. The van der Waals surface area contributed by atoms with E-state index in [1.165, 1.54) is 12.0 Å². The molecular weight excluding hydrogens is 160 g/mol. The number of aryl methyl sites for hydroxylation is 1. The molecule has 2 heteroatoms. The summed E-state index contributed by atoms with van der Waals surface area (Å²) in [6, 6.07) is 0. The van der Waals surface area contributed by atoms with Crippen molar-refractivity contribution in [1.82, 2.24) is 9.78 Å². The molecule has 0 fully saturated rings. The van der Waals surface area contributed by atoms with Gasteiger partial charge in [0.2, 0.25) is 0 Å². The Balaban J connectivity index is 2.63. The normalized spacial score (nSPS) is 12.0. The molecular formula is C11H20N2. The second kappa shape index (κ2) is 3.95. The average molecular weight is 180 g/mol. The first-order valence-electron chi connectivity index (χ1n) is 5.08. The first-order chi connectivity index (χ1) is 6.07. The summed E-state index contributed by atoms with van der Waals surface area (Å²) in [6.07, 6.45) is 6.48. The largest absolute Gasteiger partial charge is 0.273 e. The SMILES string of the molecule is CCn1cc(CC(C)(C)CC)cn1. The van der Waals surface area contributed by atoms with Gasteiger partial charge in [0.1, 0.15) is 0 Å². The van der Waals surface area contributed by atoms with Crippen LogP contribution in [0.1, 0.15) is 39.7 Å². The molecule has 0 spiro atoms. The Labute approximate surface area is 81.0 Å². The van der Waals surface area contributed by atoms with Gasteiger partial charge in [-0.2, -0.15) is 5.10 Å². The monoisotopic (exact) mass is 180 g/mol. The van der Waals surface area contributed by atoms with Crippen LogP contribution in [0.2, 0.25) is 0 Å². The fourth-order valence-corrected chi connectivity index (χ4v) is 1.35. The highest BCUT2D eigenvalue weighted by molar-refractivity contribution is 5.06. The summed E-state index contributed by atoms with van der Waals surface area (Å²) in [6.45, 7) is 9.92. The van der Waals surface area contributed by atoms with Crippen LogP contribution >= 0.6 is 0 Å². The molecule has 0 saturated heterocycles. The molecule has 1 aromatic rings. The second-order valence-electron chi connectivity index (χ2n) is 4.40. The molecule has 0 aliphatic rings. The van der Waals surface area contributed by atoms with Crippen molar-refractivity contribution in [1.29, 1.82) is 0 Å². The Hall–Kier alpha value is -0.790. The van der Waals surface area contributed by atoms with Crippen LogP contribution < -0.4 is 0 Å². The molecule has 0 bridgehead atoms. The van der Waals surface area contributed by atoms with Gasteiger partial charge in [-0.15, -0.1) is 0 Å². The minimum Gasteiger partial charge on any atom is -0.273 e. The van der Waals surface area contributed by atoms with E-state index in [1.807, 2.05) is 10.9 Å². The molecule has 1 aromatic heterocycles. The number of hydrogen-bond acceptors (Lipinski definition) is 1. The third-order valence-corrected chi connectivity index (χ3v) is 2.65. The highest BCUT2D eigenvalue weighted by Gasteiger charge is 2.16. The standard InChI is InChI=1S/C11H20N2/c1-5-11(3,4)7-10-8-12-13(6-2)9-10/h8-9H,5-7H2,1-4H3. The zero-order chi connectivity index (χ0) is 9.90. The van der Waals surface area contributed by atoms with E-state index in [2.05, 4.69) is 39.0 Å². The Morgan fingerprint density at radius 1 is 1.38 bits per heavy atom. The van der Waals surface area contributed by atoms with Crippen LogP contribution in [-0.2, 0) is 13.0 Å². The van der Waals surface area contributed by atoms with Crippen molar-refractivity contribution in [2.75, 3.05) is 0 Å². The summed E-state index contributed by atoms with van der Waals surface area (Å²) in [5, 5.41) is 4.27. The van der Waals surface area contributed by atoms with Gasteiger partial charge < -0.3 is 0 Å². The molecule has 0 atom stereocenters. The van der Waals surface area contributed by atoms with Crippen LogP contribution in [0.4, 0.5) is 0 Å². The molecule has 74 valence electrons. The maximum Gasteiger partial charge on any atom is 0.0521 e. The fraction of sp³-hybridized carbons (Fsp3) is 0.727. The fourth-order valence-electron chi connectivity index (χ4n) is 1.35. The molecule has 0 unspecified atom stereocenters. The van der Waals surface area contributed by atoms with E-state index in [9.17, 15) is 0 Å². The summed E-state index contributed by atoms with van der Waals surface area (Å²) in [7, 11) is 0. The van der Waals surface area contributed by atoms with Crippen LogP contribution in [0.15, 0.2) is 12.4 Å². The van der Waals surface area contributed by atoms with E-state index in [-0.39, 0.29) is 0 Å². The van der Waals surface area contributed by atoms with Crippen molar-refractivity contribution in [2.45, 2.75) is 47.1 Å². The summed E-state index contributed by atoms with van der Waals surface area (Å²) < 4.78 is 1.99. The van der Waals surface area contributed by atoms with Crippen molar-refractivity contribution in [3.8, 4) is 0 Å². The van der Waals surface area contributed by atoms with Crippen LogP contribution in [0.25, 0.3) is 0 Å². The van der Waals surface area contributed by atoms with Crippen LogP contribution in [0, 0.1) is 5.41 Å². The minimum absolute atomic E-state index is 0.404. The molecule has 0 amide bonds. The Morgan fingerprint density at radius 2 is 2.08 bits per heavy atom. The van der Waals surface area contributed by atoms with Crippen molar-refractivity contribution >= 4 is 0 Å². The summed E-state index contributed by atoms with van der Waals surface area (Å²) in [5.41, 5.74) is 1.76. The van der Waals surface area contributed by atoms with Gasteiger partial charge in [0.15, 0.2) is 0 Å². The Kier molecular flexibility index (Phi) is 3.12. The van der Waals surface area contributed by atoms with E-state index in [4.69, 9.17) is 0 Å². The van der Waals surface area contributed by atoms with Crippen LogP contribution in [-0.4, -0.2) is 9.78 Å². The first-order valence-corrected chi connectivity index (χ1v) is 5.08. The average Bonchev–Trinajstić information content (AvgIpc) is 2.52. The number of aromatic nitrogens is 2. The molecule has 0 aromatic carbocycles. The zero-order valence-corrected chi connectivity index (χ0v) is 9.17. The van der Waals surface area contributed by atoms with Gasteiger partial charge >= 0.3 is 0 Å². The second-order valence-corrected chi connectivity index (χ2v) is 4.40. The van der Waals surface area contributed by atoms with Gasteiger partial charge in [0.05, 0.1) is 6.20 Å². The summed E-state index contributed by atoms with van der Waals surface area (Å²) in [5.74, 6) is 0. The molecule has 0 radical (unpaired) electrons.